The van der Waals surface area contributed by atoms with Crippen LogP contribution in [0.3, 0.4) is 0 Å². The van der Waals surface area contributed by atoms with Crippen LogP contribution in [0.1, 0.15) is 11.4 Å². The van der Waals surface area contributed by atoms with Crippen LogP contribution in [0.4, 0.5) is 5.69 Å². The van der Waals surface area contributed by atoms with E-state index in [0.29, 0.717) is 23.1 Å². The molecule has 0 bridgehead atoms. The zero-order valence-corrected chi connectivity index (χ0v) is 18.8. The number of hydrogen-bond donors (Lipinski definition) is 1. The Hall–Kier alpha value is -3.81. The quantitative estimate of drug-likeness (QED) is 0.268. The van der Waals surface area contributed by atoms with Gasteiger partial charge in [-0.1, -0.05) is 54.1 Å². The Morgan fingerprint density at radius 1 is 0.939 bits per heavy atom. The standard InChI is InChI=1S/C25H17ClN4O2S/c26-17-10-12-18(13-11-17)30-24(32)19(23(31)28-25(30)33)14-22-27-20-8-4-5-9-21(20)29(22)15-16-6-2-1-3-7-16/h1-14H,15H2,(H,28,31,33). The average Bonchev–Trinajstić information content (AvgIpc) is 3.15. The van der Waals surface area contributed by atoms with Crippen LogP contribution < -0.4 is 10.2 Å². The number of nitrogens with one attached hydrogen (secondary N) is 1. The number of aromatic nitrogens is 2. The van der Waals surface area contributed by atoms with E-state index >= 15 is 0 Å². The van der Waals surface area contributed by atoms with Crippen molar-refractivity contribution in [3.05, 3.63) is 101 Å². The molecule has 0 unspecified atom stereocenters. The van der Waals surface area contributed by atoms with Crippen molar-refractivity contribution < 1.29 is 9.59 Å². The second-order valence-electron chi connectivity index (χ2n) is 7.46. The lowest BCUT2D eigenvalue weighted by atomic mass is 10.1. The van der Waals surface area contributed by atoms with E-state index < -0.39 is 11.8 Å². The summed E-state index contributed by atoms with van der Waals surface area (Å²) >= 11 is 11.2. The number of anilines is 1. The average molecular weight is 473 g/mol. The summed E-state index contributed by atoms with van der Waals surface area (Å²) in [6.07, 6.45) is 1.52. The molecular weight excluding hydrogens is 456 g/mol. The molecule has 0 aliphatic carbocycles. The van der Waals surface area contributed by atoms with E-state index in [2.05, 4.69) is 10.3 Å². The first kappa shape index (κ1) is 21.1. The zero-order chi connectivity index (χ0) is 22.9. The first-order valence-corrected chi connectivity index (χ1v) is 11.0. The lowest BCUT2D eigenvalue weighted by Crippen LogP contribution is -2.54. The third-order valence-electron chi connectivity index (χ3n) is 5.33. The van der Waals surface area contributed by atoms with E-state index in [-0.39, 0.29) is 10.7 Å². The van der Waals surface area contributed by atoms with Gasteiger partial charge in [0.2, 0.25) is 0 Å². The van der Waals surface area contributed by atoms with E-state index in [1.165, 1.54) is 11.0 Å². The number of para-hydroxylation sites is 2. The Kier molecular flexibility index (Phi) is 5.50. The molecule has 5 rings (SSSR count). The zero-order valence-electron chi connectivity index (χ0n) is 17.2. The molecule has 162 valence electrons. The number of thiocarbonyl (C=S) groups is 1. The lowest BCUT2D eigenvalue weighted by molar-refractivity contribution is -0.122. The maximum atomic E-state index is 13.4. The predicted octanol–water partition coefficient (Wildman–Crippen LogP) is 4.57. The fourth-order valence-electron chi connectivity index (χ4n) is 3.75. The number of fused-ring (bicyclic) bond motifs is 1. The minimum atomic E-state index is -0.562. The van der Waals surface area contributed by atoms with Crippen molar-refractivity contribution in [3.8, 4) is 0 Å². The topological polar surface area (TPSA) is 67.2 Å². The molecule has 2 amide bonds. The van der Waals surface area contributed by atoms with Crippen molar-refractivity contribution in [2.45, 2.75) is 6.54 Å². The molecule has 2 heterocycles. The molecule has 1 N–H and O–H groups in total. The number of hydrogen-bond acceptors (Lipinski definition) is 4. The van der Waals surface area contributed by atoms with Gasteiger partial charge in [-0.25, -0.2) is 4.98 Å². The summed E-state index contributed by atoms with van der Waals surface area (Å²) in [4.78, 5) is 32.1. The second kappa shape index (κ2) is 8.61. The molecule has 0 atom stereocenters. The number of imidazole rings is 1. The monoisotopic (exact) mass is 472 g/mol. The Morgan fingerprint density at radius 3 is 2.39 bits per heavy atom. The highest BCUT2D eigenvalue weighted by atomic mass is 35.5. The molecule has 6 nitrogen and oxygen atoms in total. The number of carbonyl (C=O) groups excluding carboxylic acids is 2. The molecule has 0 spiro atoms. The van der Waals surface area contributed by atoms with Gasteiger partial charge in [0.1, 0.15) is 11.4 Å². The fraction of sp³-hybridized carbons (Fsp3) is 0.0400. The van der Waals surface area contributed by atoms with Crippen LogP contribution in [0.2, 0.25) is 5.02 Å². The maximum absolute atomic E-state index is 13.4. The van der Waals surface area contributed by atoms with Crippen LogP contribution in [-0.4, -0.2) is 26.5 Å². The summed E-state index contributed by atoms with van der Waals surface area (Å²) in [6.45, 7) is 0.537. The van der Waals surface area contributed by atoms with E-state index in [4.69, 9.17) is 23.8 Å². The highest BCUT2D eigenvalue weighted by molar-refractivity contribution is 7.80. The Morgan fingerprint density at radius 2 is 1.64 bits per heavy atom. The third-order valence-corrected chi connectivity index (χ3v) is 5.86. The van der Waals surface area contributed by atoms with Crippen molar-refractivity contribution >= 4 is 63.5 Å². The molecule has 1 aliphatic heterocycles. The summed E-state index contributed by atoms with van der Waals surface area (Å²) in [5.74, 6) is -0.583. The highest BCUT2D eigenvalue weighted by Crippen LogP contribution is 2.25. The Bertz CT molecular complexity index is 1430. The predicted molar refractivity (Wildman–Crippen MR) is 133 cm³/mol. The first-order valence-electron chi connectivity index (χ1n) is 10.2. The number of amides is 2. The normalized spacial score (nSPS) is 15.4. The number of rotatable bonds is 4. The van der Waals surface area contributed by atoms with Gasteiger partial charge in [0.25, 0.3) is 11.8 Å². The Balaban J connectivity index is 1.60. The van der Waals surface area contributed by atoms with Gasteiger partial charge in [-0.3, -0.25) is 19.8 Å². The molecule has 0 saturated carbocycles. The van der Waals surface area contributed by atoms with Gasteiger partial charge >= 0.3 is 0 Å². The largest absolute Gasteiger partial charge is 0.320 e. The van der Waals surface area contributed by atoms with Crippen molar-refractivity contribution in [2.75, 3.05) is 4.90 Å². The van der Waals surface area contributed by atoms with Gasteiger partial charge in [0.15, 0.2) is 5.11 Å². The van der Waals surface area contributed by atoms with E-state index in [1.54, 1.807) is 24.3 Å². The summed E-state index contributed by atoms with van der Waals surface area (Å²) in [5.41, 5.74) is 3.21. The molecule has 33 heavy (non-hydrogen) atoms. The molecular formula is C25H17ClN4O2S. The number of carbonyl (C=O) groups is 2. The molecule has 4 aromatic rings. The van der Waals surface area contributed by atoms with Gasteiger partial charge in [0.05, 0.1) is 16.7 Å². The van der Waals surface area contributed by atoms with Crippen LogP contribution >= 0.6 is 23.8 Å². The molecule has 1 aliphatic rings. The first-order chi connectivity index (χ1) is 16.0. The van der Waals surface area contributed by atoms with E-state index in [0.717, 1.165) is 16.6 Å². The minimum absolute atomic E-state index is 0.0160. The minimum Gasteiger partial charge on any atom is -0.320 e. The summed E-state index contributed by atoms with van der Waals surface area (Å²) in [5, 5.41) is 3.15. The Labute approximate surface area is 200 Å². The third kappa shape index (κ3) is 4.04. The summed E-state index contributed by atoms with van der Waals surface area (Å²) < 4.78 is 1.98. The maximum Gasteiger partial charge on any atom is 0.270 e. The number of nitrogens with zero attached hydrogens (tertiary/aromatic N) is 3. The lowest BCUT2D eigenvalue weighted by Gasteiger charge is -2.28. The molecule has 8 heteroatoms. The molecule has 1 aromatic heterocycles. The molecule has 0 radical (unpaired) electrons. The van der Waals surface area contributed by atoms with Crippen molar-refractivity contribution in [2.24, 2.45) is 0 Å². The highest BCUT2D eigenvalue weighted by Gasteiger charge is 2.35. The van der Waals surface area contributed by atoms with Gasteiger partial charge < -0.3 is 4.57 Å². The summed E-state index contributed by atoms with van der Waals surface area (Å²) in [6, 6.07) is 24.3. The number of halogens is 1. The molecule has 3 aromatic carbocycles. The van der Waals surface area contributed by atoms with Gasteiger partial charge in [-0.15, -0.1) is 0 Å². The smallest absolute Gasteiger partial charge is 0.270 e. The van der Waals surface area contributed by atoms with Gasteiger partial charge in [0, 0.05) is 11.6 Å². The van der Waals surface area contributed by atoms with Crippen LogP contribution in [0, 0.1) is 0 Å². The van der Waals surface area contributed by atoms with Crippen LogP contribution in [-0.2, 0) is 16.1 Å². The van der Waals surface area contributed by atoms with Crippen molar-refractivity contribution in [3.63, 3.8) is 0 Å². The van der Waals surface area contributed by atoms with Crippen LogP contribution in [0.5, 0.6) is 0 Å². The van der Waals surface area contributed by atoms with E-state index in [1.807, 2.05) is 59.2 Å². The molecule has 1 fully saturated rings. The SMILES string of the molecule is O=C1NC(=S)N(c2ccc(Cl)cc2)C(=O)C1=Cc1nc2ccccc2n1Cc1ccccc1. The fourth-order valence-corrected chi connectivity index (χ4v) is 4.15. The van der Waals surface area contributed by atoms with E-state index in [9.17, 15) is 9.59 Å². The molecule has 1 saturated heterocycles. The number of benzene rings is 3. The van der Waals surface area contributed by atoms with Crippen LogP contribution in [0.25, 0.3) is 17.1 Å². The van der Waals surface area contributed by atoms with Crippen molar-refractivity contribution in [1.82, 2.24) is 14.9 Å². The van der Waals surface area contributed by atoms with Gasteiger partial charge in [-0.2, -0.15) is 0 Å². The second-order valence-corrected chi connectivity index (χ2v) is 8.29. The van der Waals surface area contributed by atoms with Crippen molar-refractivity contribution in [1.29, 1.82) is 0 Å². The van der Waals surface area contributed by atoms with Gasteiger partial charge in [-0.05, 0) is 60.3 Å². The summed E-state index contributed by atoms with van der Waals surface area (Å²) in [7, 11) is 0. The van der Waals surface area contributed by atoms with Crippen LogP contribution in [0.15, 0.2) is 84.4 Å².